The molecule has 0 aliphatic carbocycles. The van der Waals surface area contributed by atoms with Gasteiger partial charge in [-0.1, -0.05) is 29.8 Å². The predicted molar refractivity (Wildman–Crippen MR) is 115 cm³/mol. The molecule has 0 amide bonds. The molecule has 2 N–H and O–H groups in total. The second-order valence-corrected chi connectivity index (χ2v) is 7.53. The Hall–Kier alpha value is -3.72. The van der Waals surface area contributed by atoms with E-state index < -0.39 is 23.6 Å². The Kier molecular flexibility index (Phi) is 5.44. The molecule has 0 bridgehead atoms. The number of carbonyl (C=O) groups excluding carboxylic acids is 1. The Morgan fingerprint density at radius 2 is 1.87 bits per heavy atom. The third-order valence-electron chi connectivity index (χ3n) is 4.41. The van der Waals surface area contributed by atoms with Gasteiger partial charge < -0.3 is 10.1 Å². The van der Waals surface area contributed by atoms with Gasteiger partial charge in [0.05, 0.1) is 16.5 Å². The highest BCUT2D eigenvalue weighted by molar-refractivity contribution is 7.13. The van der Waals surface area contributed by atoms with E-state index in [1.807, 2.05) is 31.2 Å². The summed E-state index contributed by atoms with van der Waals surface area (Å²) >= 11 is 1.39. The zero-order chi connectivity index (χ0) is 21.1. The van der Waals surface area contributed by atoms with Crippen LogP contribution < -0.4 is 16.4 Å². The molecule has 0 unspecified atom stereocenters. The molecule has 9 heteroatoms. The van der Waals surface area contributed by atoms with Gasteiger partial charge in [0, 0.05) is 11.1 Å². The topological polar surface area (TPSA) is 106 Å². The molecule has 0 fully saturated rings. The highest BCUT2D eigenvalue weighted by Crippen LogP contribution is 2.21. The molecule has 0 atom stereocenters. The van der Waals surface area contributed by atoms with Crippen molar-refractivity contribution in [3.05, 3.63) is 85.9 Å². The van der Waals surface area contributed by atoms with Gasteiger partial charge in [0.15, 0.2) is 5.13 Å². The molecular weight excluding hydrogens is 404 g/mol. The Morgan fingerprint density at radius 1 is 1.13 bits per heavy atom. The quantitative estimate of drug-likeness (QED) is 0.463. The summed E-state index contributed by atoms with van der Waals surface area (Å²) in [5.41, 5.74) is 1.77. The van der Waals surface area contributed by atoms with Crippen LogP contribution in [-0.2, 0) is 22.7 Å². The smallest absolute Gasteiger partial charge is 0.328 e. The average Bonchev–Trinajstić information content (AvgIpc) is 3.19. The maximum absolute atomic E-state index is 12.5. The number of ether oxygens (including phenoxy) is 1. The predicted octanol–water partition coefficient (Wildman–Crippen LogP) is 2.94. The van der Waals surface area contributed by atoms with Crippen LogP contribution in [0.3, 0.4) is 0 Å². The number of H-pyrrole nitrogens is 1. The van der Waals surface area contributed by atoms with E-state index in [0.29, 0.717) is 10.8 Å². The van der Waals surface area contributed by atoms with Crippen molar-refractivity contribution in [2.24, 2.45) is 0 Å². The summed E-state index contributed by atoms with van der Waals surface area (Å²) in [6, 6.07) is 14.4. The molecular formula is C21H18N4O4S. The molecule has 0 aliphatic rings. The number of benzene rings is 2. The van der Waals surface area contributed by atoms with Gasteiger partial charge in [0.2, 0.25) is 0 Å². The lowest BCUT2D eigenvalue weighted by atomic mass is 10.2. The molecule has 2 aromatic heterocycles. The summed E-state index contributed by atoms with van der Waals surface area (Å²) in [4.78, 5) is 41.1. The molecule has 30 heavy (non-hydrogen) atoms. The summed E-state index contributed by atoms with van der Waals surface area (Å²) in [6.45, 7) is 1.59. The molecule has 0 saturated heterocycles. The molecule has 8 nitrogen and oxygen atoms in total. The fraction of sp³-hybridized carbons (Fsp3) is 0.143. The number of hydrogen-bond acceptors (Lipinski definition) is 7. The number of esters is 1. The van der Waals surface area contributed by atoms with Gasteiger partial charge in [-0.25, -0.2) is 9.67 Å². The van der Waals surface area contributed by atoms with Gasteiger partial charge in [0.25, 0.3) is 11.1 Å². The van der Waals surface area contributed by atoms with Crippen molar-refractivity contribution in [1.29, 1.82) is 0 Å². The number of hydrogen-bond donors (Lipinski definition) is 2. The first-order valence-electron chi connectivity index (χ1n) is 9.15. The molecule has 0 radical (unpaired) electrons. The van der Waals surface area contributed by atoms with E-state index in [4.69, 9.17) is 4.74 Å². The normalized spacial score (nSPS) is 10.8. The number of aromatic nitrogens is 3. The minimum absolute atomic E-state index is 0.0303. The van der Waals surface area contributed by atoms with Gasteiger partial charge in [-0.3, -0.25) is 19.5 Å². The number of carbonyl (C=O) groups is 1. The van der Waals surface area contributed by atoms with Crippen molar-refractivity contribution in [2.75, 3.05) is 5.32 Å². The fourth-order valence-corrected chi connectivity index (χ4v) is 3.59. The SMILES string of the molecule is Cc1ccc(Nc2nc(COC(=O)Cn3[nH]c(=O)c4ccccc4c3=O)cs2)cc1. The van der Waals surface area contributed by atoms with Crippen molar-refractivity contribution in [2.45, 2.75) is 20.1 Å². The van der Waals surface area contributed by atoms with Crippen LogP contribution in [0.2, 0.25) is 0 Å². The molecule has 2 aromatic carbocycles. The summed E-state index contributed by atoms with van der Waals surface area (Å²) in [7, 11) is 0. The second-order valence-electron chi connectivity index (χ2n) is 6.67. The Bertz CT molecular complexity index is 1320. The van der Waals surface area contributed by atoms with Gasteiger partial charge in [-0.05, 0) is 31.2 Å². The number of fused-ring (bicyclic) bond motifs is 1. The van der Waals surface area contributed by atoms with Crippen LogP contribution in [0.15, 0.2) is 63.5 Å². The molecule has 0 spiro atoms. The van der Waals surface area contributed by atoms with Gasteiger partial charge in [-0.15, -0.1) is 11.3 Å². The number of aryl methyl sites for hydroxylation is 1. The van der Waals surface area contributed by atoms with Crippen LogP contribution in [0.1, 0.15) is 11.3 Å². The van der Waals surface area contributed by atoms with Crippen LogP contribution in [0.5, 0.6) is 0 Å². The van der Waals surface area contributed by atoms with Crippen molar-refractivity contribution in [3.63, 3.8) is 0 Å². The summed E-state index contributed by atoms with van der Waals surface area (Å²) in [5, 5.41) is 8.60. The van der Waals surface area contributed by atoms with E-state index in [2.05, 4.69) is 15.4 Å². The van der Waals surface area contributed by atoms with Crippen LogP contribution >= 0.6 is 11.3 Å². The minimum atomic E-state index is -0.649. The number of nitrogens with one attached hydrogen (secondary N) is 2. The molecule has 4 rings (SSSR count). The number of nitrogens with zero attached hydrogens (tertiary/aromatic N) is 2. The molecule has 0 aliphatic heterocycles. The van der Waals surface area contributed by atoms with E-state index in [-0.39, 0.29) is 17.4 Å². The number of aromatic amines is 1. The largest absolute Gasteiger partial charge is 0.458 e. The molecule has 4 aromatic rings. The second kappa shape index (κ2) is 8.34. The van der Waals surface area contributed by atoms with Crippen molar-refractivity contribution in [1.82, 2.24) is 14.8 Å². The first kappa shape index (κ1) is 19.6. The minimum Gasteiger partial charge on any atom is -0.458 e. The third kappa shape index (κ3) is 4.31. The number of anilines is 2. The highest BCUT2D eigenvalue weighted by atomic mass is 32.1. The van der Waals surface area contributed by atoms with E-state index in [1.54, 1.807) is 29.6 Å². The summed E-state index contributed by atoms with van der Waals surface area (Å²) in [6.07, 6.45) is 0. The lowest BCUT2D eigenvalue weighted by Crippen LogP contribution is -2.32. The maximum atomic E-state index is 12.5. The fourth-order valence-electron chi connectivity index (χ4n) is 2.88. The zero-order valence-electron chi connectivity index (χ0n) is 16.0. The monoisotopic (exact) mass is 422 g/mol. The average molecular weight is 422 g/mol. The molecule has 2 heterocycles. The molecule has 0 saturated carbocycles. The van der Waals surface area contributed by atoms with E-state index in [0.717, 1.165) is 10.4 Å². The van der Waals surface area contributed by atoms with Gasteiger partial charge >= 0.3 is 5.97 Å². The lowest BCUT2D eigenvalue weighted by molar-refractivity contribution is -0.146. The van der Waals surface area contributed by atoms with Gasteiger partial charge in [0.1, 0.15) is 13.2 Å². The molecule has 152 valence electrons. The summed E-state index contributed by atoms with van der Waals surface area (Å²) < 4.78 is 6.17. The lowest BCUT2D eigenvalue weighted by Gasteiger charge is -2.07. The van der Waals surface area contributed by atoms with Crippen molar-refractivity contribution < 1.29 is 9.53 Å². The number of thiazole rings is 1. The highest BCUT2D eigenvalue weighted by Gasteiger charge is 2.12. The van der Waals surface area contributed by atoms with Crippen LogP contribution in [0.25, 0.3) is 10.8 Å². The van der Waals surface area contributed by atoms with Crippen LogP contribution in [0.4, 0.5) is 10.8 Å². The van der Waals surface area contributed by atoms with E-state index >= 15 is 0 Å². The van der Waals surface area contributed by atoms with E-state index in [9.17, 15) is 14.4 Å². The van der Waals surface area contributed by atoms with E-state index in [1.165, 1.54) is 16.9 Å². The van der Waals surface area contributed by atoms with Crippen LogP contribution in [0, 0.1) is 6.92 Å². The zero-order valence-corrected chi connectivity index (χ0v) is 16.9. The number of rotatable bonds is 6. The first-order valence-corrected chi connectivity index (χ1v) is 10.0. The maximum Gasteiger partial charge on any atom is 0.328 e. The Morgan fingerprint density at radius 3 is 2.63 bits per heavy atom. The van der Waals surface area contributed by atoms with Crippen molar-refractivity contribution >= 4 is 38.9 Å². The Labute approximate surface area is 174 Å². The van der Waals surface area contributed by atoms with Gasteiger partial charge in [-0.2, -0.15) is 0 Å². The summed E-state index contributed by atoms with van der Waals surface area (Å²) in [5.74, 6) is -0.649. The third-order valence-corrected chi connectivity index (χ3v) is 5.21. The standard InChI is InChI=1S/C21H18N4O4S/c1-13-6-8-14(9-7-13)22-21-23-15(12-30-21)11-29-18(26)10-25-20(28)17-5-3-2-4-16(17)19(27)24-25/h2-9,12H,10-11H2,1H3,(H,22,23)(H,24,27). The van der Waals surface area contributed by atoms with Crippen LogP contribution in [-0.4, -0.2) is 20.7 Å². The Balaban J connectivity index is 1.39. The van der Waals surface area contributed by atoms with Crippen molar-refractivity contribution in [3.8, 4) is 0 Å². The first-order chi connectivity index (χ1) is 14.5.